The predicted octanol–water partition coefficient (Wildman–Crippen LogP) is 3.12. The fourth-order valence-electron chi connectivity index (χ4n) is 3.00. The molecule has 1 aromatic carbocycles. The van der Waals surface area contributed by atoms with E-state index in [2.05, 4.69) is 31.3 Å². The summed E-state index contributed by atoms with van der Waals surface area (Å²) in [5.74, 6) is 2.68. The average molecular weight is 261 g/mol. The smallest absolute Gasteiger partial charge is 0.231 e. The Hall–Kier alpha value is -1.22. The molecule has 0 amide bonds. The van der Waals surface area contributed by atoms with Gasteiger partial charge in [0.15, 0.2) is 11.5 Å². The van der Waals surface area contributed by atoms with Gasteiger partial charge in [-0.3, -0.25) is 0 Å². The van der Waals surface area contributed by atoms with Crippen molar-refractivity contribution in [3.63, 3.8) is 0 Å². The molecule has 1 saturated carbocycles. The molecule has 1 aliphatic heterocycles. The van der Waals surface area contributed by atoms with Gasteiger partial charge in [-0.05, 0) is 56.2 Å². The molecule has 1 heterocycles. The van der Waals surface area contributed by atoms with Gasteiger partial charge in [0.2, 0.25) is 6.79 Å². The maximum Gasteiger partial charge on any atom is 0.231 e. The van der Waals surface area contributed by atoms with Crippen LogP contribution in [0.25, 0.3) is 0 Å². The lowest BCUT2D eigenvalue weighted by Crippen LogP contribution is -2.44. The maximum atomic E-state index is 5.41. The molecular formula is C16H23NO2. The van der Waals surface area contributed by atoms with Gasteiger partial charge in [0.05, 0.1) is 0 Å². The van der Waals surface area contributed by atoms with Crippen LogP contribution >= 0.6 is 0 Å². The second kappa shape index (κ2) is 5.41. The Labute approximate surface area is 115 Å². The molecule has 2 aliphatic rings. The van der Waals surface area contributed by atoms with Crippen LogP contribution in [0.3, 0.4) is 0 Å². The van der Waals surface area contributed by atoms with Gasteiger partial charge in [-0.25, -0.2) is 0 Å². The quantitative estimate of drug-likeness (QED) is 0.883. The Kier molecular flexibility index (Phi) is 3.65. The molecular weight excluding hydrogens is 238 g/mol. The molecule has 1 aliphatic carbocycles. The number of fused-ring (bicyclic) bond motifs is 1. The van der Waals surface area contributed by atoms with Crippen LogP contribution in [0.1, 0.15) is 38.7 Å². The number of nitrogens with one attached hydrogen (secondary N) is 1. The van der Waals surface area contributed by atoms with E-state index in [0.717, 1.165) is 29.9 Å². The lowest BCUT2D eigenvalue weighted by atomic mass is 9.81. The standard InChI is InChI=1S/C16H23NO2/c1-11-7-14(8-11)17-12(2)3-4-13-5-6-15-16(9-13)19-10-18-15/h5-6,9,11-12,14,17H,3-4,7-8,10H2,1-2H3. The first-order chi connectivity index (χ1) is 9.20. The van der Waals surface area contributed by atoms with Crippen LogP contribution in [0.5, 0.6) is 11.5 Å². The summed E-state index contributed by atoms with van der Waals surface area (Å²) in [6.07, 6.45) is 4.94. The summed E-state index contributed by atoms with van der Waals surface area (Å²) in [4.78, 5) is 0. The van der Waals surface area contributed by atoms with Gasteiger partial charge >= 0.3 is 0 Å². The third-order valence-electron chi connectivity index (χ3n) is 4.20. The van der Waals surface area contributed by atoms with Crippen molar-refractivity contribution in [2.75, 3.05) is 6.79 Å². The summed E-state index contributed by atoms with van der Waals surface area (Å²) in [5, 5.41) is 3.71. The predicted molar refractivity (Wildman–Crippen MR) is 75.7 cm³/mol. The zero-order valence-electron chi connectivity index (χ0n) is 11.8. The number of rotatable bonds is 5. The number of hydrogen-bond acceptors (Lipinski definition) is 3. The Morgan fingerprint density at radius 3 is 2.84 bits per heavy atom. The molecule has 0 radical (unpaired) electrons. The molecule has 3 heteroatoms. The van der Waals surface area contributed by atoms with Crippen molar-refractivity contribution < 1.29 is 9.47 Å². The molecule has 0 bridgehead atoms. The zero-order chi connectivity index (χ0) is 13.2. The Balaban J connectivity index is 1.46. The van der Waals surface area contributed by atoms with Crippen LogP contribution in [-0.4, -0.2) is 18.9 Å². The van der Waals surface area contributed by atoms with E-state index in [0.29, 0.717) is 12.8 Å². The molecule has 19 heavy (non-hydrogen) atoms. The molecule has 1 atom stereocenters. The first-order valence-electron chi connectivity index (χ1n) is 7.35. The SMILES string of the molecule is CC1CC(NC(C)CCc2ccc3c(c2)OCO3)C1. The molecule has 0 aromatic heterocycles. The lowest BCUT2D eigenvalue weighted by Gasteiger charge is -2.35. The highest BCUT2D eigenvalue weighted by molar-refractivity contribution is 5.44. The van der Waals surface area contributed by atoms with Gasteiger partial charge in [-0.2, -0.15) is 0 Å². The number of aryl methyl sites for hydroxylation is 1. The van der Waals surface area contributed by atoms with Gasteiger partial charge in [0, 0.05) is 12.1 Å². The highest BCUT2D eigenvalue weighted by Crippen LogP contribution is 2.33. The van der Waals surface area contributed by atoms with E-state index in [1.807, 2.05) is 6.07 Å². The van der Waals surface area contributed by atoms with E-state index in [1.54, 1.807) is 0 Å². The Bertz CT molecular complexity index is 440. The van der Waals surface area contributed by atoms with E-state index >= 15 is 0 Å². The number of ether oxygens (including phenoxy) is 2. The highest BCUT2D eigenvalue weighted by Gasteiger charge is 2.25. The van der Waals surface area contributed by atoms with Crippen molar-refractivity contribution in [1.82, 2.24) is 5.32 Å². The summed E-state index contributed by atoms with van der Waals surface area (Å²) in [7, 11) is 0. The third-order valence-corrected chi connectivity index (χ3v) is 4.20. The molecule has 0 spiro atoms. The summed E-state index contributed by atoms with van der Waals surface area (Å²) in [6, 6.07) is 7.61. The van der Waals surface area contributed by atoms with Crippen molar-refractivity contribution in [1.29, 1.82) is 0 Å². The molecule has 104 valence electrons. The van der Waals surface area contributed by atoms with Gasteiger partial charge in [-0.15, -0.1) is 0 Å². The van der Waals surface area contributed by atoms with Gasteiger partial charge in [0.1, 0.15) is 0 Å². The van der Waals surface area contributed by atoms with Crippen molar-refractivity contribution in [3.05, 3.63) is 23.8 Å². The molecule has 3 rings (SSSR count). The van der Waals surface area contributed by atoms with E-state index < -0.39 is 0 Å². The van der Waals surface area contributed by atoms with Gasteiger partial charge in [0.25, 0.3) is 0 Å². The van der Waals surface area contributed by atoms with Crippen LogP contribution in [0.4, 0.5) is 0 Å². The number of hydrogen-bond donors (Lipinski definition) is 1. The summed E-state index contributed by atoms with van der Waals surface area (Å²) >= 11 is 0. The van der Waals surface area contributed by atoms with E-state index in [4.69, 9.17) is 9.47 Å². The first-order valence-corrected chi connectivity index (χ1v) is 7.35. The second-order valence-electron chi connectivity index (χ2n) is 6.07. The minimum absolute atomic E-state index is 0.358. The Morgan fingerprint density at radius 2 is 2.05 bits per heavy atom. The highest BCUT2D eigenvalue weighted by atomic mass is 16.7. The molecule has 1 unspecified atom stereocenters. The van der Waals surface area contributed by atoms with Crippen LogP contribution in [0, 0.1) is 5.92 Å². The van der Waals surface area contributed by atoms with Crippen LogP contribution < -0.4 is 14.8 Å². The lowest BCUT2D eigenvalue weighted by molar-refractivity contribution is 0.174. The largest absolute Gasteiger partial charge is 0.454 e. The van der Waals surface area contributed by atoms with E-state index in [9.17, 15) is 0 Å². The van der Waals surface area contributed by atoms with Crippen LogP contribution in [0.2, 0.25) is 0 Å². The first kappa shape index (κ1) is 12.8. The second-order valence-corrected chi connectivity index (χ2v) is 6.07. The zero-order valence-corrected chi connectivity index (χ0v) is 11.8. The van der Waals surface area contributed by atoms with Crippen LogP contribution in [0.15, 0.2) is 18.2 Å². The maximum absolute atomic E-state index is 5.41. The molecule has 1 N–H and O–H groups in total. The minimum atomic E-state index is 0.358. The fourth-order valence-corrected chi connectivity index (χ4v) is 3.00. The molecule has 1 fully saturated rings. The summed E-state index contributed by atoms with van der Waals surface area (Å²) in [6.45, 7) is 4.97. The van der Waals surface area contributed by atoms with Crippen molar-refractivity contribution in [2.24, 2.45) is 5.92 Å². The van der Waals surface area contributed by atoms with Crippen molar-refractivity contribution >= 4 is 0 Å². The fraction of sp³-hybridized carbons (Fsp3) is 0.625. The normalized spacial score (nSPS) is 26.0. The summed E-state index contributed by atoms with van der Waals surface area (Å²) < 4.78 is 10.7. The topological polar surface area (TPSA) is 30.5 Å². The van der Waals surface area contributed by atoms with E-state index in [-0.39, 0.29) is 0 Å². The molecule has 0 saturated heterocycles. The average Bonchev–Trinajstić information content (AvgIpc) is 2.81. The summed E-state index contributed by atoms with van der Waals surface area (Å²) in [5.41, 5.74) is 1.33. The molecule has 1 aromatic rings. The molecule has 3 nitrogen and oxygen atoms in total. The van der Waals surface area contributed by atoms with Crippen molar-refractivity contribution in [2.45, 2.75) is 51.6 Å². The Morgan fingerprint density at radius 1 is 1.26 bits per heavy atom. The van der Waals surface area contributed by atoms with Crippen molar-refractivity contribution in [3.8, 4) is 11.5 Å². The minimum Gasteiger partial charge on any atom is -0.454 e. The van der Waals surface area contributed by atoms with E-state index in [1.165, 1.54) is 24.8 Å². The van der Waals surface area contributed by atoms with Crippen LogP contribution in [-0.2, 0) is 6.42 Å². The monoisotopic (exact) mass is 261 g/mol. The third kappa shape index (κ3) is 3.03. The number of benzene rings is 1. The van der Waals surface area contributed by atoms with Gasteiger partial charge in [-0.1, -0.05) is 13.0 Å². The van der Waals surface area contributed by atoms with Gasteiger partial charge < -0.3 is 14.8 Å².